The van der Waals surface area contributed by atoms with Crippen LogP contribution in [0.5, 0.6) is 0 Å². The Morgan fingerprint density at radius 1 is 1.35 bits per heavy atom. The highest BCUT2D eigenvalue weighted by molar-refractivity contribution is 5.79. The number of aromatic nitrogens is 2. The molecule has 3 heterocycles. The first-order chi connectivity index (χ1) is 12.5. The fraction of sp³-hybridized carbons (Fsp3) is 0.789. The van der Waals surface area contributed by atoms with Crippen molar-refractivity contribution in [2.24, 2.45) is 13.0 Å². The van der Waals surface area contributed by atoms with Crippen LogP contribution in [0.4, 0.5) is 0 Å². The lowest BCUT2D eigenvalue weighted by Crippen LogP contribution is -2.43. The molecule has 2 fully saturated rings. The number of nitrogens with one attached hydrogen (secondary N) is 1. The van der Waals surface area contributed by atoms with E-state index >= 15 is 0 Å². The molecule has 0 bridgehead atoms. The second-order valence-corrected chi connectivity index (χ2v) is 7.77. The molecule has 2 saturated heterocycles. The Kier molecular flexibility index (Phi) is 6.32. The molecule has 0 saturated carbocycles. The highest BCUT2D eigenvalue weighted by Gasteiger charge is 2.41. The number of amides is 1. The van der Waals surface area contributed by atoms with Gasteiger partial charge in [-0.2, -0.15) is 5.10 Å². The molecular weight excluding hydrogens is 332 g/mol. The number of ether oxygens (including phenoxy) is 2. The fourth-order valence-corrected chi connectivity index (χ4v) is 4.43. The normalized spacial score (nSPS) is 32.4. The van der Waals surface area contributed by atoms with Crippen molar-refractivity contribution in [3.05, 3.63) is 18.0 Å². The third-order valence-corrected chi connectivity index (χ3v) is 5.51. The van der Waals surface area contributed by atoms with Crippen molar-refractivity contribution < 1.29 is 14.3 Å². The van der Waals surface area contributed by atoms with Crippen LogP contribution in [0, 0.1) is 5.92 Å². The average Bonchev–Trinajstić information content (AvgIpc) is 3.13. The van der Waals surface area contributed by atoms with Gasteiger partial charge in [-0.3, -0.25) is 9.48 Å². The van der Waals surface area contributed by atoms with Crippen LogP contribution in [0.25, 0.3) is 0 Å². The van der Waals surface area contributed by atoms with Gasteiger partial charge in [-0.05, 0) is 26.7 Å². The maximum absolute atomic E-state index is 12.6. The summed E-state index contributed by atoms with van der Waals surface area (Å²) < 4.78 is 12.8. The van der Waals surface area contributed by atoms with Gasteiger partial charge in [0.05, 0.1) is 31.1 Å². The van der Waals surface area contributed by atoms with E-state index in [1.54, 1.807) is 11.8 Å². The Bertz CT molecular complexity index is 595. The molecule has 1 amide bonds. The van der Waals surface area contributed by atoms with Gasteiger partial charge in [-0.15, -0.1) is 0 Å². The first-order valence-electron chi connectivity index (χ1n) is 9.63. The van der Waals surface area contributed by atoms with Crippen LogP contribution in [0.3, 0.4) is 0 Å². The smallest absolute Gasteiger partial charge is 0.223 e. The van der Waals surface area contributed by atoms with Crippen molar-refractivity contribution in [1.29, 1.82) is 0 Å². The zero-order valence-corrected chi connectivity index (χ0v) is 16.4. The summed E-state index contributed by atoms with van der Waals surface area (Å²) in [4.78, 5) is 14.6. The molecule has 2 aliphatic heterocycles. The third-order valence-electron chi connectivity index (χ3n) is 5.51. The predicted octanol–water partition coefficient (Wildman–Crippen LogP) is 1.50. The van der Waals surface area contributed by atoms with Crippen LogP contribution < -0.4 is 5.32 Å². The van der Waals surface area contributed by atoms with E-state index in [1.165, 1.54) is 0 Å². The quantitative estimate of drug-likeness (QED) is 0.794. The van der Waals surface area contributed by atoms with Crippen molar-refractivity contribution in [1.82, 2.24) is 20.0 Å². The lowest BCUT2D eigenvalue weighted by Gasteiger charge is -2.34. The van der Waals surface area contributed by atoms with Crippen molar-refractivity contribution in [3.63, 3.8) is 0 Å². The van der Waals surface area contributed by atoms with Gasteiger partial charge >= 0.3 is 0 Å². The van der Waals surface area contributed by atoms with Crippen molar-refractivity contribution in [2.75, 3.05) is 26.8 Å². The van der Waals surface area contributed by atoms with Gasteiger partial charge in [0.15, 0.2) is 0 Å². The lowest BCUT2D eigenvalue weighted by atomic mass is 9.93. The van der Waals surface area contributed by atoms with Crippen LogP contribution in [-0.2, 0) is 21.3 Å². The molecule has 5 atom stereocenters. The molecule has 1 aromatic heterocycles. The number of methoxy groups -OCH3 is 1. The standard InChI is InChI=1S/C19H32N4O3/c1-13-7-17(8-14(2)26-13)20-10-15-9-18(24)23(5-6-25-4)19(15)16-11-21-22(3)12-16/h11-15,17,19-20H,5-10H2,1-4H3/t13-,14+,15-,17?,19+/m0/s1. The van der Waals surface area contributed by atoms with Gasteiger partial charge in [0, 0.05) is 57.4 Å². The zero-order valence-electron chi connectivity index (χ0n) is 16.4. The average molecular weight is 364 g/mol. The summed E-state index contributed by atoms with van der Waals surface area (Å²) in [6, 6.07) is 0.514. The molecule has 0 spiro atoms. The summed E-state index contributed by atoms with van der Waals surface area (Å²) in [6.07, 6.45) is 7.10. The molecule has 146 valence electrons. The predicted molar refractivity (Wildman–Crippen MR) is 98.7 cm³/mol. The van der Waals surface area contributed by atoms with E-state index in [0.717, 1.165) is 24.9 Å². The molecule has 1 N–H and O–H groups in total. The van der Waals surface area contributed by atoms with Crippen molar-refractivity contribution >= 4 is 5.91 Å². The minimum atomic E-state index is 0.0635. The second-order valence-electron chi connectivity index (χ2n) is 7.77. The summed E-state index contributed by atoms with van der Waals surface area (Å²) in [5.74, 6) is 0.452. The van der Waals surface area contributed by atoms with Crippen molar-refractivity contribution in [2.45, 2.75) is 57.4 Å². The minimum Gasteiger partial charge on any atom is -0.383 e. The monoisotopic (exact) mass is 364 g/mol. The van der Waals surface area contributed by atoms with Gasteiger partial charge in [-0.1, -0.05) is 0 Å². The molecule has 1 unspecified atom stereocenters. The summed E-state index contributed by atoms with van der Waals surface area (Å²) in [6.45, 7) is 6.27. The maximum atomic E-state index is 12.6. The van der Waals surface area contributed by atoms with E-state index < -0.39 is 0 Å². The van der Waals surface area contributed by atoms with Crippen LogP contribution >= 0.6 is 0 Å². The Morgan fingerprint density at radius 3 is 2.69 bits per heavy atom. The molecule has 3 rings (SSSR count). The Morgan fingerprint density at radius 2 is 2.08 bits per heavy atom. The van der Waals surface area contributed by atoms with Gasteiger partial charge in [0.1, 0.15) is 0 Å². The number of likely N-dealkylation sites (tertiary alicyclic amines) is 1. The largest absolute Gasteiger partial charge is 0.383 e. The van der Waals surface area contributed by atoms with Gasteiger partial charge < -0.3 is 19.7 Å². The summed E-state index contributed by atoms with van der Waals surface area (Å²) >= 11 is 0. The zero-order chi connectivity index (χ0) is 18.7. The minimum absolute atomic E-state index is 0.0635. The van der Waals surface area contributed by atoms with E-state index in [9.17, 15) is 4.79 Å². The highest BCUT2D eigenvalue weighted by Crippen LogP contribution is 2.37. The van der Waals surface area contributed by atoms with Gasteiger partial charge in [-0.25, -0.2) is 0 Å². The molecule has 0 aromatic carbocycles. The van der Waals surface area contributed by atoms with Crippen LogP contribution in [0.15, 0.2) is 12.4 Å². The summed E-state index contributed by atoms with van der Waals surface area (Å²) in [5.41, 5.74) is 1.11. The van der Waals surface area contributed by atoms with E-state index in [4.69, 9.17) is 9.47 Å². The van der Waals surface area contributed by atoms with Gasteiger partial charge in [0.25, 0.3) is 0 Å². The van der Waals surface area contributed by atoms with E-state index in [1.807, 2.05) is 24.3 Å². The third kappa shape index (κ3) is 4.45. The first kappa shape index (κ1) is 19.3. The number of aryl methyl sites for hydroxylation is 1. The first-order valence-corrected chi connectivity index (χ1v) is 9.63. The summed E-state index contributed by atoms with van der Waals surface area (Å²) in [5, 5.41) is 8.03. The number of rotatable bonds is 7. The molecule has 0 radical (unpaired) electrons. The molecule has 26 heavy (non-hydrogen) atoms. The Labute approximate surface area is 156 Å². The Balaban J connectivity index is 1.68. The van der Waals surface area contributed by atoms with Crippen LogP contribution in [-0.4, -0.2) is 65.6 Å². The van der Waals surface area contributed by atoms with E-state index in [2.05, 4.69) is 24.3 Å². The molecule has 2 aliphatic rings. The second kappa shape index (κ2) is 8.50. The number of nitrogens with zero attached hydrogens (tertiary/aromatic N) is 3. The van der Waals surface area contributed by atoms with E-state index in [-0.39, 0.29) is 30.1 Å². The number of carbonyl (C=O) groups excluding carboxylic acids is 1. The van der Waals surface area contributed by atoms with Gasteiger partial charge in [0.2, 0.25) is 5.91 Å². The number of carbonyl (C=O) groups is 1. The SMILES string of the molecule is COCCN1C(=O)C[C@@H](CNC2C[C@@H](C)O[C@@H](C)C2)[C@@H]1c1cnn(C)c1. The lowest BCUT2D eigenvalue weighted by molar-refractivity contribution is -0.129. The molecular formula is C19H32N4O3. The van der Waals surface area contributed by atoms with Crippen molar-refractivity contribution in [3.8, 4) is 0 Å². The molecule has 1 aromatic rings. The van der Waals surface area contributed by atoms with Crippen LogP contribution in [0.1, 0.15) is 44.7 Å². The number of hydrogen-bond donors (Lipinski definition) is 1. The highest BCUT2D eigenvalue weighted by atomic mass is 16.5. The van der Waals surface area contributed by atoms with Crippen LogP contribution in [0.2, 0.25) is 0 Å². The summed E-state index contributed by atoms with van der Waals surface area (Å²) in [7, 11) is 3.59. The Hall–Kier alpha value is -1.44. The number of hydrogen-bond acceptors (Lipinski definition) is 5. The maximum Gasteiger partial charge on any atom is 0.223 e. The molecule has 7 heteroatoms. The molecule has 0 aliphatic carbocycles. The molecule has 7 nitrogen and oxygen atoms in total. The van der Waals surface area contributed by atoms with E-state index in [0.29, 0.717) is 25.6 Å². The topological polar surface area (TPSA) is 68.6 Å². The fourth-order valence-electron chi connectivity index (χ4n) is 4.43.